The number of rotatable bonds is 0. The molecule has 0 aliphatic heterocycles. The van der Waals surface area contributed by atoms with Crippen molar-refractivity contribution >= 4 is 7.72 Å². The third kappa shape index (κ3) is 34.5. The van der Waals surface area contributed by atoms with Gasteiger partial charge in [0.2, 0.25) is 0 Å². The Labute approximate surface area is 36.2 Å². The van der Waals surface area contributed by atoms with E-state index < -0.39 is 0 Å². The van der Waals surface area contributed by atoms with Crippen LogP contribution in [0.25, 0.3) is 0 Å². The average Bonchev–Trinajstić information content (AvgIpc) is 1.50. The van der Waals surface area contributed by atoms with Crippen molar-refractivity contribution < 1.29 is 27.9 Å². The molecule has 0 spiro atoms. The van der Waals surface area contributed by atoms with E-state index in [0.717, 1.165) is 0 Å². The summed E-state index contributed by atoms with van der Waals surface area (Å²) in [4.78, 5) is 0. The van der Waals surface area contributed by atoms with Gasteiger partial charge in [0.15, 0.2) is 0 Å². The van der Waals surface area contributed by atoms with Gasteiger partial charge in [0, 0.05) is 0 Å². The second-order valence-electron chi connectivity index (χ2n) is 0. The molecule has 0 aliphatic rings. The van der Waals surface area contributed by atoms with Crippen molar-refractivity contribution in [1.29, 1.82) is 0 Å². The molecule has 21 valence electrons. The average molecular weight is 139 g/mol. The van der Waals surface area contributed by atoms with Crippen LogP contribution in [0.4, 0.5) is 0 Å². The van der Waals surface area contributed by atoms with Gasteiger partial charge in [0.25, 0.3) is 0 Å². The standard InChI is InChI=1S/BO.Mo.O/c1-2;;. The van der Waals surface area contributed by atoms with Crippen molar-refractivity contribution in [2.24, 2.45) is 0 Å². The minimum atomic E-state index is 0.700. The van der Waals surface area contributed by atoms with Gasteiger partial charge in [-0.05, 0) is 0 Å². The quantitative estimate of drug-likeness (QED) is 0.419. The maximum atomic E-state index is 8.26. The summed E-state index contributed by atoms with van der Waals surface area (Å²) in [5.74, 6) is 0. The Morgan fingerprint density at radius 2 is 1.25 bits per heavy atom. The number of hydrogen-bond donors (Lipinski definition) is 0. The minimum absolute atomic E-state index is 0.700. The second-order valence-corrected chi connectivity index (χ2v) is 0. The Balaban J connectivity index is 0. The SMILES string of the molecule is [B]=O.[O]=[Mo]. The van der Waals surface area contributed by atoms with Crippen LogP contribution >= 0.6 is 0 Å². The second kappa shape index (κ2) is 149. The first-order valence-corrected chi connectivity index (χ1v) is 1.22. The zero-order chi connectivity index (χ0) is 4.00. The van der Waals surface area contributed by atoms with Crippen molar-refractivity contribution in [1.82, 2.24) is 0 Å². The monoisotopic (exact) mass is 141 g/mol. The first-order chi connectivity index (χ1) is 2.00. The molecule has 0 aromatic heterocycles. The van der Waals surface area contributed by atoms with Crippen molar-refractivity contribution in [2.45, 2.75) is 0 Å². The van der Waals surface area contributed by atoms with Gasteiger partial charge in [0.05, 0.1) is 0 Å². The summed E-state index contributed by atoms with van der Waals surface area (Å²) >= 11 is 0.700. The van der Waals surface area contributed by atoms with Gasteiger partial charge in [-0.3, -0.25) is 0 Å². The molecule has 4 heteroatoms. The summed E-state index contributed by atoms with van der Waals surface area (Å²) in [6.45, 7) is 0. The van der Waals surface area contributed by atoms with Crippen molar-refractivity contribution in [3.8, 4) is 0 Å². The zero-order valence-corrected chi connectivity index (χ0v) is 3.81. The number of hydrogen-bond acceptors (Lipinski definition) is 2. The molecule has 0 aromatic carbocycles. The third-order valence-corrected chi connectivity index (χ3v) is 0. The summed E-state index contributed by atoms with van der Waals surface area (Å²) < 4.78 is 16.0. The molecule has 0 saturated carbocycles. The summed E-state index contributed by atoms with van der Waals surface area (Å²) in [6, 6.07) is 0. The molecular formula is BMoO2. The van der Waals surface area contributed by atoms with Crippen LogP contribution in [-0.4, -0.2) is 7.72 Å². The topological polar surface area (TPSA) is 34.1 Å². The van der Waals surface area contributed by atoms with Crippen LogP contribution in [0.1, 0.15) is 0 Å². The molecule has 0 saturated heterocycles. The molecule has 0 unspecified atom stereocenters. The Hall–Kier alpha value is 0.353. The molecule has 0 heterocycles. The van der Waals surface area contributed by atoms with E-state index in [2.05, 4.69) is 7.72 Å². The van der Waals surface area contributed by atoms with Crippen LogP contribution in [-0.2, 0) is 27.9 Å². The zero-order valence-electron chi connectivity index (χ0n) is 1.80. The summed E-state index contributed by atoms with van der Waals surface area (Å²) in [5, 5.41) is 0. The molecule has 0 atom stereocenters. The van der Waals surface area contributed by atoms with Crippen molar-refractivity contribution in [3.05, 3.63) is 0 Å². The molecule has 0 fully saturated rings. The predicted molar refractivity (Wildman–Crippen MR) is 7.13 cm³/mol. The predicted octanol–water partition coefficient (Wildman–Crippen LogP) is -0.621. The Bertz CT molecular complexity index is 8.00. The van der Waals surface area contributed by atoms with Gasteiger partial charge in [-0.25, -0.2) is 0 Å². The molecular weight excluding hydrogens is 139 g/mol. The van der Waals surface area contributed by atoms with Crippen LogP contribution in [0.5, 0.6) is 0 Å². The molecule has 0 N–H and O–H groups in total. The van der Waals surface area contributed by atoms with Gasteiger partial charge in [-0.1, -0.05) is 0 Å². The Morgan fingerprint density at radius 1 is 1.25 bits per heavy atom. The normalized spacial score (nSPS) is 1.75. The van der Waals surface area contributed by atoms with Gasteiger partial charge in [-0.15, -0.1) is 0 Å². The summed E-state index contributed by atoms with van der Waals surface area (Å²) in [5.41, 5.74) is 0. The van der Waals surface area contributed by atoms with Gasteiger partial charge >= 0.3 is 35.6 Å². The fourth-order valence-electron chi connectivity index (χ4n) is 0. The van der Waals surface area contributed by atoms with E-state index in [-0.39, 0.29) is 0 Å². The molecule has 1 radical (unpaired) electrons. The maximum absolute atomic E-state index is 8.26. The van der Waals surface area contributed by atoms with Crippen LogP contribution in [0.3, 0.4) is 0 Å². The molecule has 0 aromatic rings. The van der Waals surface area contributed by atoms with Crippen molar-refractivity contribution in [2.75, 3.05) is 0 Å². The molecule has 0 bridgehead atoms. The van der Waals surface area contributed by atoms with E-state index in [1.165, 1.54) is 0 Å². The van der Waals surface area contributed by atoms with Crippen LogP contribution in [0.2, 0.25) is 0 Å². The fraction of sp³-hybridized carbons (Fsp3) is 0. The Morgan fingerprint density at radius 3 is 1.25 bits per heavy atom. The van der Waals surface area contributed by atoms with E-state index in [1.807, 2.05) is 0 Å². The van der Waals surface area contributed by atoms with Crippen LogP contribution < -0.4 is 0 Å². The van der Waals surface area contributed by atoms with E-state index in [1.54, 1.807) is 0 Å². The van der Waals surface area contributed by atoms with E-state index in [4.69, 9.17) is 8.10 Å². The van der Waals surface area contributed by atoms with E-state index >= 15 is 0 Å². The van der Waals surface area contributed by atoms with Crippen molar-refractivity contribution in [3.63, 3.8) is 0 Å². The Kier molecular flexibility index (Phi) is 329. The first kappa shape index (κ1) is 8.84. The summed E-state index contributed by atoms with van der Waals surface area (Å²) in [6.07, 6.45) is 0. The first-order valence-electron chi connectivity index (χ1n) is 0.402. The fourth-order valence-corrected chi connectivity index (χ4v) is 0. The van der Waals surface area contributed by atoms with Crippen LogP contribution in [0, 0.1) is 0 Å². The molecule has 0 rings (SSSR count). The third-order valence-electron chi connectivity index (χ3n) is 0. The molecule has 0 aliphatic carbocycles. The molecule has 0 amide bonds. The van der Waals surface area contributed by atoms with E-state index in [9.17, 15) is 0 Å². The van der Waals surface area contributed by atoms with Gasteiger partial charge in [0.1, 0.15) is 0 Å². The van der Waals surface area contributed by atoms with Crippen LogP contribution in [0.15, 0.2) is 0 Å². The summed E-state index contributed by atoms with van der Waals surface area (Å²) in [7, 11) is 3.25. The molecule has 2 nitrogen and oxygen atoms in total. The molecule has 4 heavy (non-hydrogen) atoms. The van der Waals surface area contributed by atoms with Gasteiger partial charge in [-0.2, -0.15) is 0 Å². The van der Waals surface area contributed by atoms with E-state index in [0.29, 0.717) is 19.8 Å². The van der Waals surface area contributed by atoms with Gasteiger partial charge < -0.3 is 0 Å².